The summed E-state index contributed by atoms with van der Waals surface area (Å²) in [6, 6.07) is 0. The van der Waals surface area contributed by atoms with Crippen LogP contribution in [0.25, 0.3) is 11.2 Å². The van der Waals surface area contributed by atoms with Crippen LogP contribution in [0.4, 0.5) is 5.95 Å². The topological polar surface area (TPSA) is 110 Å². The summed E-state index contributed by atoms with van der Waals surface area (Å²) in [6.07, 6.45) is 1.37. The summed E-state index contributed by atoms with van der Waals surface area (Å²) < 4.78 is 1.46. The van der Waals surface area contributed by atoms with Crippen molar-refractivity contribution in [3.63, 3.8) is 0 Å². The first-order valence-electron chi connectivity index (χ1n) is 5.19. The standard InChI is InChI=1S/C10H11N5O3/c1-5(16)3-15-4-11-7-8(15)13-10(12-6(2)17)14-9(7)18/h4H,3H2,1-2H3,(H2,12,13,14,17,18). The highest BCUT2D eigenvalue weighted by atomic mass is 16.2. The molecule has 0 unspecified atom stereocenters. The fourth-order valence-electron chi connectivity index (χ4n) is 1.54. The van der Waals surface area contributed by atoms with Crippen molar-refractivity contribution in [2.45, 2.75) is 20.4 Å². The first-order chi connectivity index (χ1) is 8.47. The van der Waals surface area contributed by atoms with Crippen LogP contribution < -0.4 is 10.9 Å². The number of hydrogen-bond acceptors (Lipinski definition) is 5. The lowest BCUT2D eigenvalue weighted by Gasteiger charge is -2.02. The van der Waals surface area contributed by atoms with Crippen LogP contribution in [0.1, 0.15) is 13.8 Å². The van der Waals surface area contributed by atoms with Gasteiger partial charge in [0.1, 0.15) is 5.78 Å². The summed E-state index contributed by atoms with van der Waals surface area (Å²) in [7, 11) is 0. The molecule has 0 aromatic carbocycles. The third-order valence-electron chi connectivity index (χ3n) is 2.16. The Labute approximate surface area is 101 Å². The van der Waals surface area contributed by atoms with E-state index in [0.29, 0.717) is 0 Å². The number of nitrogens with one attached hydrogen (secondary N) is 2. The first kappa shape index (κ1) is 12.0. The molecule has 1 amide bonds. The fourth-order valence-corrected chi connectivity index (χ4v) is 1.54. The number of anilines is 1. The second-order valence-electron chi connectivity index (χ2n) is 3.84. The summed E-state index contributed by atoms with van der Waals surface area (Å²) in [5.41, 5.74) is -0.0749. The molecular formula is C10H11N5O3. The predicted molar refractivity (Wildman–Crippen MR) is 63.1 cm³/mol. The van der Waals surface area contributed by atoms with Crippen molar-refractivity contribution in [3.8, 4) is 0 Å². The monoisotopic (exact) mass is 249 g/mol. The van der Waals surface area contributed by atoms with Crippen LogP contribution >= 0.6 is 0 Å². The van der Waals surface area contributed by atoms with Crippen molar-refractivity contribution < 1.29 is 9.59 Å². The van der Waals surface area contributed by atoms with E-state index in [1.165, 1.54) is 24.7 Å². The molecule has 0 saturated heterocycles. The summed E-state index contributed by atoms with van der Waals surface area (Å²) in [4.78, 5) is 44.0. The maximum absolute atomic E-state index is 11.7. The van der Waals surface area contributed by atoms with Crippen molar-refractivity contribution >= 4 is 28.8 Å². The lowest BCUT2D eigenvalue weighted by molar-refractivity contribution is -0.117. The number of H-pyrrole nitrogens is 1. The molecule has 0 radical (unpaired) electrons. The number of Topliss-reactive ketones (excluding diaryl/α,β-unsaturated/α-hetero) is 1. The van der Waals surface area contributed by atoms with Gasteiger partial charge in [0, 0.05) is 6.92 Å². The van der Waals surface area contributed by atoms with Crippen LogP contribution in [0, 0.1) is 0 Å². The number of rotatable bonds is 3. The third kappa shape index (κ3) is 2.26. The molecule has 94 valence electrons. The highest BCUT2D eigenvalue weighted by molar-refractivity contribution is 5.87. The molecule has 2 rings (SSSR count). The normalized spacial score (nSPS) is 10.6. The van der Waals surface area contributed by atoms with Crippen LogP contribution in [0.2, 0.25) is 0 Å². The highest BCUT2D eigenvalue weighted by Gasteiger charge is 2.11. The molecule has 0 aliphatic carbocycles. The van der Waals surface area contributed by atoms with Crippen LogP contribution in [0.15, 0.2) is 11.1 Å². The van der Waals surface area contributed by atoms with Crippen LogP contribution in [-0.2, 0) is 16.1 Å². The molecule has 2 aromatic heterocycles. The van der Waals surface area contributed by atoms with E-state index < -0.39 is 5.56 Å². The van der Waals surface area contributed by atoms with Gasteiger partial charge in [0.25, 0.3) is 5.56 Å². The first-order valence-corrected chi connectivity index (χ1v) is 5.19. The number of aromatic amines is 1. The lowest BCUT2D eigenvalue weighted by Crippen LogP contribution is -2.17. The summed E-state index contributed by atoms with van der Waals surface area (Å²) in [5, 5.41) is 2.38. The minimum absolute atomic E-state index is 0.0327. The zero-order valence-corrected chi connectivity index (χ0v) is 9.85. The largest absolute Gasteiger partial charge is 0.307 e. The number of carbonyl (C=O) groups excluding carboxylic acids is 2. The summed E-state index contributed by atoms with van der Waals surface area (Å²) in [5.74, 6) is -0.405. The Morgan fingerprint density at radius 3 is 2.78 bits per heavy atom. The van der Waals surface area contributed by atoms with E-state index in [2.05, 4.69) is 20.3 Å². The molecule has 0 spiro atoms. The van der Waals surface area contributed by atoms with Crippen molar-refractivity contribution in [2.75, 3.05) is 5.32 Å². The zero-order valence-electron chi connectivity index (χ0n) is 9.85. The number of carbonyl (C=O) groups is 2. The van der Waals surface area contributed by atoms with Crippen molar-refractivity contribution in [2.24, 2.45) is 0 Å². The van der Waals surface area contributed by atoms with Crippen molar-refractivity contribution in [3.05, 3.63) is 16.7 Å². The van der Waals surface area contributed by atoms with E-state index in [9.17, 15) is 14.4 Å². The van der Waals surface area contributed by atoms with Crippen LogP contribution in [0.3, 0.4) is 0 Å². The van der Waals surface area contributed by atoms with Gasteiger partial charge in [0.05, 0.1) is 12.9 Å². The minimum Gasteiger partial charge on any atom is -0.307 e. The molecule has 0 saturated carbocycles. The molecule has 0 aliphatic heterocycles. The number of nitrogens with zero attached hydrogens (tertiary/aromatic N) is 3. The van der Waals surface area contributed by atoms with Crippen LogP contribution in [0.5, 0.6) is 0 Å². The fraction of sp³-hybridized carbons (Fsp3) is 0.300. The number of aromatic nitrogens is 4. The molecule has 2 heterocycles. The van der Waals surface area contributed by atoms with Gasteiger partial charge < -0.3 is 4.57 Å². The van der Waals surface area contributed by atoms with Gasteiger partial charge in [0.2, 0.25) is 11.9 Å². The van der Waals surface area contributed by atoms with E-state index >= 15 is 0 Å². The molecule has 8 heteroatoms. The number of imidazole rings is 1. The Hall–Kier alpha value is -2.51. The van der Waals surface area contributed by atoms with E-state index in [1.54, 1.807) is 0 Å². The van der Waals surface area contributed by atoms with Crippen LogP contribution in [-0.4, -0.2) is 31.2 Å². The number of hydrogen-bond donors (Lipinski definition) is 2. The lowest BCUT2D eigenvalue weighted by atomic mass is 10.4. The molecule has 0 atom stereocenters. The van der Waals surface area contributed by atoms with Gasteiger partial charge in [-0.15, -0.1) is 0 Å². The van der Waals surface area contributed by atoms with Gasteiger partial charge >= 0.3 is 0 Å². The summed E-state index contributed by atoms with van der Waals surface area (Å²) >= 11 is 0. The van der Waals surface area contributed by atoms with E-state index in [0.717, 1.165) is 0 Å². The Bertz CT molecular complexity index is 684. The van der Waals surface area contributed by atoms with Gasteiger partial charge in [-0.3, -0.25) is 24.7 Å². The number of fused-ring (bicyclic) bond motifs is 1. The van der Waals surface area contributed by atoms with Gasteiger partial charge in [-0.25, -0.2) is 4.98 Å². The number of amides is 1. The van der Waals surface area contributed by atoms with Gasteiger partial charge in [-0.1, -0.05) is 0 Å². The Morgan fingerprint density at radius 1 is 1.44 bits per heavy atom. The minimum atomic E-state index is -0.467. The maximum Gasteiger partial charge on any atom is 0.280 e. The predicted octanol–water partition coefficient (Wildman–Crippen LogP) is -0.333. The second-order valence-corrected chi connectivity index (χ2v) is 3.84. The Morgan fingerprint density at radius 2 is 2.17 bits per heavy atom. The molecule has 0 aliphatic rings. The highest BCUT2D eigenvalue weighted by Crippen LogP contribution is 2.07. The van der Waals surface area contributed by atoms with Crippen molar-refractivity contribution in [1.29, 1.82) is 0 Å². The van der Waals surface area contributed by atoms with E-state index in [1.807, 2.05) is 0 Å². The molecular weight excluding hydrogens is 238 g/mol. The average Bonchev–Trinajstić information content (AvgIpc) is 2.60. The molecule has 0 fully saturated rings. The zero-order chi connectivity index (χ0) is 13.3. The number of ketones is 1. The molecule has 0 bridgehead atoms. The van der Waals surface area contributed by atoms with Gasteiger partial charge in [-0.05, 0) is 6.92 Å². The SMILES string of the molecule is CC(=O)Cn1cnc2c(=O)[nH]c(NC(C)=O)nc21. The Balaban J connectivity index is 2.56. The van der Waals surface area contributed by atoms with Gasteiger partial charge in [-0.2, -0.15) is 4.98 Å². The summed E-state index contributed by atoms with van der Waals surface area (Å²) in [6.45, 7) is 2.80. The van der Waals surface area contributed by atoms with E-state index in [4.69, 9.17) is 0 Å². The molecule has 8 nitrogen and oxygen atoms in total. The third-order valence-corrected chi connectivity index (χ3v) is 2.16. The van der Waals surface area contributed by atoms with E-state index in [-0.39, 0.29) is 35.3 Å². The molecule has 2 aromatic rings. The molecule has 18 heavy (non-hydrogen) atoms. The average molecular weight is 249 g/mol. The smallest absolute Gasteiger partial charge is 0.280 e. The van der Waals surface area contributed by atoms with Crippen molar-refractivity contribution in [1.82, 2.24) is 19.5 Å². The second kappa shape index (κ2) is 4.40. The quantitative estimate of drug-likeness (QED) is 0.773. The van der Waals surface area contributed by atoms with Gasteiger partial charge in [0.15, 0.2) is 11.2 Å². The molecule has 2 N–H and O–H groups in total. The Kier molecular flexibility index (Phi) is 2.92. The maximum atomic E-state index is 11.7.